The maximum Gasteiger partial charge on any atom is 0.263 e. The van der Waals surface area contributed by atoms with Crippen LogP contribution in [0.5, 0.6) is 0 Å². The number of halogens is 1. The second-order valence-electron chi connectivity index (χ2n) is 6.64. The third kappa shape index (κ3) is 3.79. The van der Waals surface area contributed by atoms with Crippen LogP contribution in [0.2, 0.25) is 0 Å². The molecular formula is C23H18FN3O2S. The van der Waals surface area contributed by atoms with Crippen LogP contribution in [0, 0.1) is 5.82 Å². The van der Waals surface area contributed by atoms with Gasteiger partial charge in [0, 0.05) is 23.2 Å². The van der Waals surface area contributed by atoms with Gasteiger partial charge in [-0.25, -0.2) is 9.37 Å². The fraction of sp³-hybridized carbons (Fsp3) is 0.0870. The third-order valence-electron chi connectivity index (χ3n) is 4.70. The number of anilines is 1. The molecule has 0 bridgehead atoms. The van der Waals surface area contributed by atoms with Crippen molar-refractivity contribution in [1.29, 1.82) is 0 Å². The zero-order valence-electron chi connectivity index (χ0n) is 16.0. The van der Waals surface area contributed by atoms with Crippen molar-refractivity contribution in [1.82, 2.24) is 9.55 Å². The van der Waals surface area contributed by atoms with Crippen LogP contribution < -0.4 is 10.5 Å². The molecule has 150 valence electrons. The number of carbonyl (C=O) groups is 1. The number of para-hydroxylation sites is 1. The highest BCUT2D eigenvalue weighted by Gasteiger charge is 2.18. The molecule has 5 nitrogen and oxygen atoms in total. The fourth-order valence-electron chi connectivity index (χ4n) is 3.24. The van der Waals surface area contributed by atoms with E-state index in [1.807, 2.05) is 35.7 Å². The van der Waals surface area contributed by atoms with E-state index in [2.05, 4.69) is 11.6 Å². The Labute approximate surface area is 176 Å². The normalized spacial score (nSPS) is 10.8. The van der Waals surface area contributed by atoms with Crippen LogP contribution in [0.25, 0.3) is 21.3 Å². The number of thiophene rings is 1. The number of hydrogen-bond donors (Lipinski definition) is 0. The molecular weight excluding hydrogens is 401 g/mol. The Morgan fingerprint density at radius 1 is 1.17 bits per heavy atom. The third-order valence-corrected chi connectivity index (χ3v) is 5.59. The van der Waals surface area contributed by atoms with Crippen molar-refractivity contribution in [2.24, 2.45) is 0 Å². The molecule has 1 amide bonds. The Kier molecular flexibility index (Phi) is 5.54. The number of rotatable bonds is 6. The summed E-state index contributed by atoms with van der Waals surface area (Å²) in [5.74, 6) is -0.592. The van der Waals surface area contributed by atoms with Crippen LogP contribution in [0.1, 0.15) is 0 Å². The maximum absolute atomic E-state index is 13.3. The Hall–Kier alpha value is -3.58. The summed E-state index contributed by atoms with van der Waals surface area (Å²) >= 11 is 1.34. The first-order chi connectivity index (χ1) is 14.6. The highest BCUT2D eigenvalue weighted by molar-refractivity contribution is 7.17. The summed E-state index contributed by atoms with van der Waals surface area (Å²) < 4.78 is 14.6. The molecule has 4 rings (SSSR count). The Balaban J connectivity index is 1.71. The number of fused-ring (bicyclic) bond motifs is 1. The van der Waals surface area contributed by atoms with Crippen molar-refractivity contribution in [2.45, 2.75) is 6.54 Å². The number of nitrogens with zero attached hydrogens (tertiary/aromatic N) is 3. The van der Waals surface area contributed by atoms with E-state index in [1.165, 1.54) is 34.4 Å². The molecule has 0 aliphatic heterocycles. The highest BCUT2D eigenvalue weighted by atomic mass is 32.1. The summed E-state index contributed by atoms with van der Waals surface area (Å²) in [5.41, 5.74) is 1.83. The molecule has 0 aliphatic rings. The summed E-state index contributed by atoms with van der Waals surface area (Å²) in [4.78, 5) is 32.6. The zero-order valence-corrected chi connectivity index (χ0v) is 16.8. The second kappa shape index (κ2) is 8.42. The first-order valence-corrected chi connectivity index (χ1v) is 10.2. The summed E-state index contributed by atoms with van der Waals surface area (Å²) in [6.45, 7) is 3.89. The van der Waals surface area contributed by atoms with Crippen LogP contribution >= 0.6 is 11.3 Å². The van der Waals surface area contributed by atoms with E-state index in [4.69, 9.17) is 0 Å². The van der Waals surface area contributed by atoms with E-state index in [9.17, 15) is 14.0 Å². The van der Waals surface area contributed by atoms with Gasteiger partial charge in [0.15, 0.2) is 0 Å². The molecule has 0 spiro atoms. The number of hydrogen-bond acceptors (Lipinski definition) is 4. The average Bonchev–Trinajstić information content (AvgIpc) is 3.20. The van der Waals surface area contributed by atoms with Crippen LogP contribution in [0.15, 0.2) is 83.8 Å². The molecule has 0 atom stereocenters. The molecule has 0 fully saturated rings. The Morgan fingerprint density at radius 2 is 1.90 bits per heavy atom. The van der Waals surface area contributed by atoms with Gasteiger partial charge < -0.3 is 4.90 Å². The minimum absolute atomic E-state index is 0.150. The molecule has 30 heavy (non-hydrogen) atoms. The smallest absolute Gasteiger partial charge is 0.263 e. The summed E-state index contributed by atoms with van der Waals surface area (Å²) in [6, 6.07) is 15.2. The van der Waals surface area contributed by atoms with Gasteiger partial charge in [-0.2, -0.15) is 0 Å². The number of amides is 1. The lowest BCUT2D eigenvalue weighted by Gasteiger charge is -2.21. The van der Waals surface area contributed by atoms with Crippen LogP contribution in [0.3, 0.4) is 0 Å². The first kappa shape index (κ1) is 19.7. The van der Waals surface area contributed by atoms with Gasteiger partial charge in [-0.1, -0.05) is 36.4 Å². The van der Waals surface area contributed by atoms with E-state index < -0.39 is 0 Å². The highest BCUT2D eigenvalue weighted by Crippen LogP contribution is 2.30. The minimum Gasteiger partial charge on any atom is -0.307 e. The van der Waals surface area contributed by atoms with E-state index >= 15 is 0 Å². The number of aromatic nitrogens is 2. The lowest BCUT2D eigenvalue weighted by molar-refractivity contribution is -0.119. The molecule has 0 saturated heterocycles. The predicted molar refractivity (Wildman–Crippen MR) is 118 cm³/mol. The molecule has 4 aromatic rings. The van der Waals surface area contributed by atoms with Gasteiger partial charge >= 0.3 is 0 Å². The molecule has 2 heterocycles. The molecule has 0 unspecified atom stereocenters. The van der Waals surface area contributed by atoms with E-state index in [0.717, 1.165) is 11.3 Å². The van der Waals surface area contributed by atoms with Crippen LogP contribution in [-0.2, 0) is 11.3 Å². The van der Waals surface area contributed by atoms with Crippen molar-refractivity contribution in [3.05, 3.63) is 95.1 Å². The minimum atomic E-state index is -0.345. The molecule has 0 radical (unpaired) electrons. The number of carbonyl (C=O) groups excluding carboxylic acids is 1. The molecule has 0 aliphatic carbocycles. The summed E-state index contributed by atoms with van der Waals surface area (Å²) in [6.07, 6.45) is 3.03. The Bertz CT molecular complexity index is 1260. The summed E-state index contributed by atoms with van der Waals surface area (Å²) in [5, 5.41) is 2.25. The van der Waals surface area contributed by atoms with Crippen LogP contribution in [-0.4, -0.2) is 22.0 Å². The van der Waals surface area contributed by atoms with E-state index in [-0.39, 0.29) is 23.8 Å². The second-order valence-corrected chi connectivity index (χ2v) is 7.50. The predicted octanol–water partition coefficient (Wildman–Crippen LogP) is 4.48. The van der Waals surface area contributed by atoms with Gasteiger partial charge in [-0.05, 0) is 29.8 Å². The topological polar surface area (TPSA) is 55.2 Å². The van der Waals surface area contributed by atoms with Crippen molar-refractivity contribution in [3.63, 3.8) is 0 Å². The largest absolute Gasteiger partial charge is 0.307 e. The lowest BCUT2D eigenvalue weighted by Crippen LogP contribution is -2.36. The SMILES string of the molecule is C=CCN(C(=O)Cn1cnc2scc(-c3ccc(F)cc3)c2c1=O)c1ccccc1. The van der Waals surface area contributed by atoms with E-state index in [1.54, 1.807) is 23.1 Å². The van der Waals surface area contributed by atoms with Gasteiger partial charge in [-0.15, -0.1) is 17.9 Å². The lowest BCUT2D eigenvalue weighted by atomic mass is 10.1. The van der Waals surface area contributed by atoms with Crippen molar-refractivity contribution < 1.29 is 9.18 Å². The van der Waals surface area contributed by atoms with Crippen molar-refractivity contribution >= 4 is 33.1 Å². The molecule has 2 aromatic heterocycles. The van der Waals surface area contributed by atoms with Crippen LogP contribution in [0.4, 0.5) is 10.1 Å². The molecule has 0 N–H and O–H groups in total. The van der Waals surface area contributed by atoms with Crippen molar-refractivity contribution in [2.75, 3.05) is 11.4 Å². The molecule has 0 saturated carbocycles. The van der Waals surface area contributed by atoms with E-state index in [0.29, 0.717) is 22.3 Å². The molecule has 7 heteroatoms. The maximum atomic E-state index is 13.3. The standard InChI is InChI=1S/C23H18FN3O2S/c1-2-12-27(18-6-4-3-5-7-18)20(28)13-26-15-25-22-21(23(26)29)19(14-30-22)16-8-10-17(24)11-9-16/h2-11,14-15H,1,12-13H2. The molecule has 2 aromatic carbocycles. The fourth-order valence-corrected chi connectivity index (χ4v) is 4.15. The van der Waals surface area contributed by atoms with Gasteiger partial charge in [0.25, 0.3) is 5.56 Å². The van der Waals surface area contributed by atoms with Gasteiger partial charge in [0.2, 0.25) is 5.91 Å². The Morgan fingerprint density at radius 3 is 2.60 bits per heavy atom. The zero-order chi connectivity index (χ0) is 21.1. The van der Waals surface area contributed by atoms with Crippen molar-refractivity contribution in [3.8, 4) is 11.1 Å². The monoisotopic (exact) mass is 419 g/mol. The first-order valence-electron chi connectivity index (χ1n) is 9.27. The summed E-state index contributed by atoms with van der Waals surface area (Å²) in [7, 11) is 0. The number of benzene rings is 2. The van der Waals surface area contributed by atoms with Gasteiger partial charge in [-0.3, -0.25) is 14.2 Å². The van der Waals surface area contributed by atoms with Gasteiger partial charge in [0.05, 0.1) is 11.7 Å². The van der Waals surface area contributed by atoms with Gasteiger partial charge in [0.1, 0.15) is 17.2 Å². The quantitative estimate of drug-likeness (QED) is 0.433. The average molecular weight is 419 g/mol.